The van der Waals surface area contributed by atoms with Crippen LogP contribution in [0.1, 0.15) is 32.6 Å². The number of aryl methyl sites for hydroxylation is 1. The van der Waals surface area contributed by atoms with Gasteiger partial charge in [-0.2, -0.15) is 0 Å². The Kier molecular flexibility index (Phi) is 5.15. The molecule has 5 nitrogen and oxygen atoms in total. The van der Waals surface area contributed by atoms with Crippen LogP contribution in [0.5, 0.6) is 5.75 Å². The molecule has 2 aromatic rings. The number of aromatic nitrogens is 1. The number of anilines is 1. The summed E-state index contributed by atoms with van der Waals surface area (Å²) in [5.41, 5.74) is 1.15. The Balaban J connectivity index is 2.05. The monoisotopic (exact) mass is 338 g/mol. The zero-order valence-electron chi connectivity index (χ0n) is 12.4. The lowest BCUT2D eigenvalue weighted by Crippen LogP contribution is -2.13. The predicted octanol–water partition coefficient (Wildman–Crippen LogP) is 3.61. The maximum absolute atomic E-state index is 12.1. The number of methoxy groups -OCH3 is 1. The predicted molar refractivity (Wildman–Crippen MR) is 87.7 cm³/mol. The van der Waals surface area contributed by atoms with Crippen LogP contribution in [0.25, 0.3) is 0 Å². The van der Waals surface area contributed by atoms with Gasteiger partial charge in [-0.05, 0) is 25.1 Å². The summed E-state index contributed by atoms with van der Waals surface area (Å²) in [5, 5.41) is 3.88. The first kappa shape index (κ1) is 16.5. The van der Waals surface area contributed by atoms with Crippen LogP contribution in [0.2, 0.25) is 5.02 Å². The van der Waals surface area contributed by atoms with E-state index in [2.05, 4.69) is 10.3 Å². The molecule has 7 heteroatoms. The van der Waals surface area contributed by atoms with E-state index in [1.807, 2.05) is 0 Å². The van der Waals surface area contributed by atoms with Crippen LogP contribution in [0.4, 0.5) is 5.13 Å². The number of rotatable bonds is 6. The van der Waals surface area contributed by atoms with Crippen molar-refractivity contribution in [2.24, 2.45) is 0 Å². The molecule has 0 spiro atoms. The topological polar surface area (TPSA) is 68.3 Å². The maximum atomic E-state index is 12.1. The van der Waals surface area contributed by atoms with Gasteiger partial charge in [-0.3, -0.25) is 9.59 Å². The minimum Gasteiger partial charge on any atom is -0.495 e. The highest BCUT2D eigenvalue weighted by Gasteiger charge is 2.13. The van der Waals surface area contributed by atoms with Gasteiger partial charge in [0.1, 0.15) is 5.75 Å². The van der Waals surface area contributed by atoms with Crippen molar-refractivity contribution in [3.63, 3.8) is 0 Å². The molecule has 0 amide bonds. The second kappa shape index (κ2) is 6.89. The molecule has 2 rings (SSSR count). The van der Waals surface area contributed by atoms with Crippen molar-refractivity contribution >= 4 is 39.6 Å². The average molecular weight is 339 g/mol. The second-order valence-electron chi connectivity index (χ2n) is 4.62. The van der Waals surface area contributed by atoms with Crippen LogP contribution in [-0.4, -0.2) is 30.2 Å². The molecule has 22 heavy (non-hydrogen) atoms. The molecule has 0 aliphatic rings. The molecule has 0 atom stereocenters. The number of benzene rings is 1. The first-order chi connectivity index (χ1) is 10.4. The lowest BCUT2D eigenvalue weighted by atomic mass is 10.1. The van der Waals surface area contributed by atoms with Crippen LogP contribution in [-0.2, 0) is 0 Å². The molecule has 0 saturated carbocycles. The zero-order chi connectivity index (χ0) is 16.3. The van der Waals surface area contributed by atoms with E-state index in [1.165, 1.54) is 25.4 Å². The zero-order valence-corrected chi connectivity index (χ0v) is 14.0. The van der Waals surface area contributed by atoms with Crippen molar-refractivity contribution < 1.29 is 14.3 Å². The molecule has 0 saturated heterocycles. The largest absolute Gasteiger partial charge is 0.495 e. The molecule has 1 aromatic heterocycles. The van der Waals surface area contributed by atoms with Gasteiger partial charge in [0.2, 0.25) is 0 Å². The highest BCUT2D eigenvalue weighted by Crippen LogP contribution is 2.26. The third-order valence-corrected chi connectivity index (χ3v) is 4.50. The number of carbonyl (C=O) groups is 2. The van der Waals surface area contributed by atoms with Crippen molar-refractivity contribution in [2.45, 2.75) is 13.8 Å². The average Bonchev–Trinajstić information content (AvgIpc) is 2.86. The fraction of sp³-hybridized carbons (Fsp3) is 0.267. The third kappa shape index (κ3) is 3.64. The van der Waals surface area contributed by atoms with Gasteiger partial charge in [-0.25, -0.2) is 4.98 Å². The fourth-order valence-corrected chi connectivity index (χ4v) is 3.01. The molecular formula is C15H15ClN2O3S. The van der Waals surface area contributed by atoms with E-state index in [4.69, 9.17) is 16.3 Å². The van der Waals surface area contributed by atoms with Gasteiger partial charge in [-0.15, -0.1) is 0 Å². The lowest BCUT2D eigenvalue weighted by Gasteiger charge is -2.06. The highest BCUT2D eigenvalue weighted by molar-refractivity contribution is 7.17. The van der Waals surface area contributed by atoms with Gasteiger partial charge in [0.15, 0.2) is 16.7 Å². The quantitative estimate of drug-likeness (QED) is 0.815. The summed E-state index contributed by atoms with van der Waals surface area (Å²) < 4.78 is 5.05. The van der Waals surface area contributed by atoms with E-state index in [1.54, 1.807) is 25.1 Å². The Morgan fingerprint density at radius 3 is 2.68 bits per heavy atom. The molecule has 1 aromatic carbocycles. The summed E-state index contributed by atoms with van der Waals surface area (Å²) in [5.74, 6) is 0.367. The van der Waals surface area contributed by atoms with E-state index in [9.17, 15) is 9.59 Å². The number of ether oxygens (including phenoxy) is 1. The summed E-state index contributed by atoms with van der Waals surface area (Å²) >= 11 is 7.25. The molecule has 1 heterocycles. The number of Topliss-reactive ketones (excluding diaryl/α,β-unsaturated/α-hetero) is 2. The Hall–Kier alpha value is -1.92. The summed E-state index contributed by atoms with van der Waals surface area (Å²) in [6, 6.07) is 4.87. The Bertz CT molecular complexity index is 728. The molecule has 0 fully saturated rings. The van der Waals surface area contributed by atoms with E-state index in [0.29, 0.717) is 32.0 Å². The molecule has 0 unspecified atom stereocenters. The van der Waals surface area contributed by atoms with E-state index in [0.717, 1.165) is 0 Å². The molecule has 0 bridgehead atoms. The van der Waals surface area contributed by atoms with Gasteiger partial charge >= 0.3 is 0 Å². The van der Waals surface area contributed by atoms with Crippen molar-refractivity contribution in [2.75, 3.05) is 19.0 Å². The number of ketones is 2. The number of nitrogens with one attached hydrogen (secondary N) is 1. The summed E-state index contributed by atoms with van der Waals surface area (Å²) in [4.78, 5) is 28.4. The van der Waals surface area contributed by atoms with Gasteiger partial charge in [0.25, 0.3) is 0 Å². The lowest BCUT2D eigenvalue weighted by molar-refractivity contribution is 0.100. The summed E-state index contributed by atoms with van der Waals surface area (Å²) in [6.45, 7) is 3.34. The van der Waals surface area contributed by atoms with Crippen LogP contribution >= 0.6 is 22.9 Å². The Morgan fingerprint density at radius 1 is 1.41 bits per heavy atom. The number of hydrogen-bond acceptors (Lipinski definition) is 6. The number of hydrogen-bond donors (Lipinski definition) is 1. The van der Waals surface area contributed by atoms with Crippen LogP contribution < -0.4 is 10.1 Å². The van der Waals surface area contributed by atoms with Crippen LogP contribution in [0.15, 0.2) is 18.2 Å². The Morgan fingerprint density at radius 2 is 2.14 bits per heavy atom. The number of halogens is 1. The summed E-state index contributed by atoms with van der Waals surface area (Å²) in [6.07, 6.45) is 0. The Labute approximate surface area is 137 Å². The van der Waals surface area contributed by atoms with E-state index in [-0.39, 0.29) is 18.1 Å². The molecule has 116 valence electrons. The smallest absolute Gasteiger partial charge is 0.183 e. The molecule has 0 radical (unpaired) electrons. The number of thiazole rings is 1. The van der Waals surface area contributed by atoms with E-state index < -0.39 is 0 Å². The standard InChI is InChI=1S/C15H15ClN2O3S/c1-8-14(9(2)19)22-15(18-8)17-7-12(20)10-4-5-13(21-3)11(16)6-10/h4-6H,7H2,1-3H3,(H,17,18). The highest BCUT2D eigenvalue weighted by atomic mass is 35.5. The first-order valence-corrected chi connectivity index (χ1v) is 7.70. The number of nitrogens with zero attached hydrogens (tertiary/aromatic N) is 1. The van der Waals surface area contributed by atoms with Gasteiger partial charge in [0.05, 0.1) is 29.2 Å². The second-order valence-corrected chi connectivity index (χ2v) is 6.02. The van der Waals surface area contributed by atoms with Crippen molar-refractivity contribution in [1.29, 1.82) is 0 Å². The molecule has 0 aliphatic carbocycles. The van der Waals surface area contributed by atoms with Gasteiger partial charge < -0.3 is 10.1 Å². The van der Waals surface area contributed by atoms with Crippen molar-refractivity contribution in [3.05, 3.63) is 39.4 Å². The van der Waals surface area contributed by atoms with Crippen molar-refractivity contribution in [3.8, 4) is 5.75 Å². The third-order valence-electron chi connectivity index (χ3n) is 2.99. The molecule has 0 aliphatic heterocycles. The van der Waals surface area contributed by atoms with Crippen LogP contribution in [0, 0.1) is 6.92 Å². The van der Waals surface area contributed by atoms with Crippen molar-refractivity contribution in [1.82, 2.24) is 4.98 Å². The minimum atomic E-state index is -0.123. The van der Waals surface area contributed by atoms with Gasteiger partial charge in [0, 0.05) is 12.5 Å². The normalized spacial score (nSPS) is 10.4. The maximum Gasteiger partial charge on any atom is 0.183 e. The number of carbonyl (C=O) groups excluding carboxylic acids is 2. The first-order valence-electron chi connectivity index (χ1n) is 6.51. The fourth-order valence-electron chi connectivity index (χ4n) is 1.90. The van der Waals surface area contributed by atoms with E-state index >= 15 is 0 Å². The molecular weight excluding hydrogens is 324 g/mol. The summed E-state index contributed by atoms with van der Waals surface area (Å²) in [7, 11) is 1.52. The SMILES string of the molecule is COc1ccc(C(=O)CNc2nc(C)c(C(C)=O)s2)cc1Cl. The van der Waals surface area contributed by atoms with Crippen LogP contribution in [0.3, 0.4) is 0 Å². The minimum absolute atomic E-state index is 0.0312. The van der Waals surface area contributed by atoms with Gasteiger partial charge in [-0.1, -0.05) is 22.9 Å². The molecule has 1 N–H and O–H groups in total.